The van der Waals surface area contributed by atoms with Crippen LogP contribution in [0.4, 0.5) is 29.1 Å². The minimum Gasteiger partial charge on any atom is -0.457 e. The number of aromatic amines is 5. The lowest BCUT2D eigenvalue weighted by Gasteiger charge is -1.95. The first kappa shape index (κ1) is 46.9. The van der Waals surface area contributed by atoms with E-state index in [2.05, 4.69) is 73.0 Å². The summed E-state index contributed by atoms with van der Waals surface area (Å²) in [6, 6.07) is 25.5. The summed E-state index contributed by atoms with van der Waals surface area (Å²) in [4.78, 5) is 48.0. The molecule has 11 heterocycles. The third-order valence-electron chi connectivity index (χ3n) is 9.96. The lowest BCUT2D eigenvalue weighted by atomic mass is 10.1. The number of aryl methyl sites for hydroxylation is 6. The van der Waals surface area contributed by atoms with E-state index in [1.165, 1.54) is 15.8 Å². The Hall–Kier alpha value is -9.04. The van der Waals surface area contributed by atoms with E-state index in [0.717, 1.165) is 71.5 Å². The van der Waals surface area contributed by atoms with Crippen LogP contribution in [-0.2, 0) is 0 Å². The van der Waals surface area contributed by atoms with Crippen LogP contribution >= 0.6 is 11.3 Å². The first-order valence-electron chi connectivity index (χ1n) is 21.0. The molecule has 12 rings (SSSR count). The van der Waals surface area contributed by atoms with Gasteiger partial charge in [-0.25, -0.2) is 39.8 Å². The van der Waals surface area contributed by atoms with Crippen LogP contribution in [0.5, 0.6) is 0 Å². The van der Waals surface area contributed by atoms with Gasteiger partial charge in [0.15, 0.2) is 23.0 Å². The molecule has 0 saturated heterocycles. The van der Waals surface area contributed by atoms with E-state index in [-0.39, 0.29) is 5.69 Å². The number of nitrogen functional groups attached to an aromatic ring is 5. The summed E-state index contributed by atoms with van der Waals surface area (Å²) in [5.74, 6) is 5.02. The zero-order chi connectivity index (χ0) is 48.5. The molecule has 11 aromatic heterocycles. The molecule has 0 aliphatic heterocycles. The normalized spacial score (nSPS) is 10.6. The molecule has 0 aliphatic rings. The van der Waals surface area contributed by atoms with Gasteiger partial charge < -0.3 is 48.0 Å². The largest absolute Gasteiger partial charge is 0.457 e. The maximum absolute atomic E-state index is 10.8. The fourth-order valence-electron chi connectivity index (χ4n) is 6.86. The van der Waals surface area contributed by atoms with E-state index in [9.17, 15) is 4.79 Å². The number of fused-ring (bicyclic) bond motifs is 5. The number of nitrogens with zero attached hydrogens (tertiary/aromatic N) is 7. The molecule has 0 amide bonds. The third kappa shape index (κ3) is 11.6. The molecule has 20 heteroatoms. The smallest absolute Gasteiger partial charge is 0.340 e. The number of aromatic nitrogens is 12. The minimum absolute atomic E-state index is 0.282. The number of thiophene rings is 1. The van der Waals surface area contributed by atoms with Crippen molar-refractivity contribution >= 4 is 94.3 Å². The van der Waals surface area contributed by atoms with Gasteiger partial charge in [-0.15, -0.1) is 11.3 Å². The van der Waals surface area contributed by atoms with Crippen LogP contribution in [0.25, 0.3) is 65.3 Å². The predicted octanol–water partition coefficient (Wildman–Crippen LogP) is 8.73. The topological polar surface area (TPSA) is 329 Å². The first-order valence-corrected chi connectivity index (χ1v) is 21.8. The Kier molecular flexibility index (Phi) is 14.4. The second-order valence-corrected chi connectivity index (χ2v) is 16.7. The van der Waals surface area contributed by atoms with E-state index in [0.29, 0.717) is 40.5 Å². The Morgan fingerprint density at radius 2 is 1.18 bits per heavy atom. The van der Waals surface area contributed by atoms with Crippen LogP contribution in [0.2, 0.25) is 0 Å². The van der Waals surface area contributed by atoms with Gasteiger partial charge >= 0.3 is 5.69 Å². The van der Waals surface area contributed by atoms with Crippen LogP contribution in [0.1, 0.15) is 33.4 Å². The zero-order valence-corrected chi connectivity index (χ0v) is 39.0. The Labute approximate surface area is 392 Å². The van der Waals surface area contributed by atoms with Crippen molar-refractivity contribution < 1.29 is 4.42 Å². The Balaban J connectivity index is 0.000000121. The maximum atomic E-state index is 10.8. The average molecular weight is 930 g/mol. The Morgan fingerprint density at radius 3 is 1.82 bits per heavy atom. The highest BCUT2D eigenvalue weighted by Gasteiger charge is 2.05. The first-order chi connectivity index (χ1) is 32.6. The average Bonchev–Trinajstić information content (AvgIpc) is 4.17. The van der Waals surface area contributed by atoms with Crippen molar-refractivity contribution in [2.24, 2.45) is 0 Å². The number of H-pyrrole nitrogens is 5. The van der Waals surface area contributed by atoms with Gasteiger partial charge in [-0.05, 0) is 102 Å². The van der Waals surface area contributed by atoms with Gasteiger partial charge in [0.2, 0.25) is 0 Å². The van der Waals surface area contributed by atoms with E-state index in [1.54, 1.807) is 42.3 Å². The van der Waals surface area contributed by atoms with Gasteiger partial charge in [0.1, 0.15) is 34.6 Å². The molecule has 346 valence electrons. The molecule has 0 atom stereocenters. The summed E-state index contributed by atoms with van der Waals surface area (Å²) in [7, 11) is 0. The molecular weight excluding hydrogens is 879 g/mol. The zero-order valence-electron chi connectivity index (χ0n) is 38.1. The third-order valence-corrected chi connectivity index (χ3v) is 11.1. The van der Waals surface area contributed by atoms with Crippen molar-refractivity contribution in [2.75, 3.05) is 28.7 Å². The van der Waals surface area contributed by atoms with Crippen LogP contribution in [-0.4, -0.2) is 60.0 Å². The summed E-state index contributed by atoms with van der Waals surface area (Å²) in [5.41, 5.74) is 36.5. The lowest BCUT2D eigenvalue weighted by molar-refractivity contribution is 0.578. The van der Waals surface area contributed by atoms with E-state index >= 15 is 0 Å². The van der Waals surface area contributed by atoms with E-state index in [4.69, 9.17) is 33.1 Å². The molecule has 1 aromatic carbocycles. The molecule has 12 aromatic rings. The number of furan rings is 1. The molecule has 15 N–H and O–H groups in total. The van der Waals surface area contributed by atoms with Gasteiger partial charge in [0.05, 0.1) is 21.3 Å². The van der Waals surface area contributed by atoms with Crippen molar-refractivity contribution in [3.8, 4) is 11.4 Å². The summed E-state index contributed by atoms with van der Waals surface area (Å²) in [5, 5.41) is 10.5. The summed E-state index contributed by atoms with van der Waals surface area (Å²) in [6.45, 7) is 11.9. The minimum atomic E-state index is -0.282. The van der Waals surface area contributed by atoms with E-state index in [1.807, 2.05) is 107 Å². The quantitative estimate of drug-likeness (QED) is 0.0736. The van der Waals surface area contributed by atoms with Crippen molar-refractivity contribution in [3.05, 3.63) is 154 Å². The molecular formula is C48H51N17O2S. The molecule has 0 fully saturated rings. The van der Waals surface area contributed by atoms with Crippen molar-refractivity contribution in [2.45, 2.75) is 41.5 Å². The Morgan fingerprint density at radius 1 is 0.559 bits per heavy atom. The second kappa shape index (κ2) is 20.9. The Bertz CT molecular complexity index is 3200. The van der Waals surface area contributed by atoms with Crippen LogP contribution < -0.4 is 34.4 Å². The molecule has 0 unspecified atom stereocenters. The molecule has 0 spiro atoms. The lowest BCUT2D eigenvalue weighted by Crippen LogP contribution is -2.00. The number of hydrogen-bond donors (Lipinski definition) is 10. The highest BCUT2D eigenvalue weighted by molar-refractivity contribution is 7.19. The summed E-state index contributed by atoms with van der Waals surface area (Å²) < 4.78 is 6.41. The molecule has 0 aliphatic carbocycles. The molecule has 0 saturated carbocycles. The van der Waals surface area contributed by atoms with E-state index < -0.39 is 0 Å². The number of pyridine rings is 5. The SMILES string of the molecule is Cc1cc2c(N)nccc2[nH]1.Cc1cc2ccnc(N)c2[nH]1.Cc1cc2ccnc(N)c2o1.Cc1cc2ccnc(N)c2s1.Cc1ccc(-c2n[nH]c(=O)[nH]2)cc1.Cc1nc2c(N)nccc2[nH]1. The predicted molar refractivity (Wildman–Crippen MR) is 275 cm³/mol. The van der Waals surface area contributed by atoms with Crippen molar-refractivity contribution in [1.29, 1.82) is 0 Å². The van der Waals surface area contributed by atoms with Gasteiger partial charge in [0, 0.05) is 69.0 Å². The van der Waals surface area contributed by atoms with Crippen LogP contribution in [0, 0.1) is 41.5 Å². The fourth-order valence-corrected chi connectivity index (χ4v) is 7.77. The van der Waals surface area contributed by atoms with Crippen molar-refractivity contribution in [1.82, 2.24) is 60.0 Å². The number of imidazole rings is 1. The molecule has 19 nitrogen and oxygen atoms in total. The highest BCUT2D eigenvalue weighted by atomic mass is 32.1. The molecule has 68 heavy (non-hydrogen) atoms. The van der Waals surface area contributed by atoms with Crippen molar-refractivity contribution in [3.63, 3.8) is 0 Å². The van der Waals surface area contributed by atoms with Crippen LogP contribution in [0.3, 0.4) is 0 Å². The monoisotopic (exact) mass is 929 g/mol. The molecule has 0 bridgehead atoms. The fraction of sp³-hybridized carbons (Fsp3) is 0.125. The van der Waals surface area contributed by atoms with Gasteiger partial charge in [0.25, 0.3) is 0 Å². The number of nitrogens with one attached hydrogen (secondary N) is 5. The number of hydrogen-bond acceptors (Lipinski definition) is 15. The maximum Gasteiger partial charge on any atom is 0.340 e. The summed E-state index contributed by atoms with van der Waals surface area (Å²) >= 11 is 1.69. The standard InChI is InChI=1S/C9H9N3O.2C8H9N3.C8H8N2O.C8H8N2S.C7H8N4/c1-6-2-4-7(5-3-6)8-10-9(13)12-11-8;1-5-4-6-7(11-5)2-3-10-8(6)9;3*1-5-4-6-2-3-10-8(9)7(6)11-5;1-4-10-5-2-3-9-7(8)6(5)11-4/h2-5H,1H3,(H2,10,11,12,13);2*2-4,11H,1H3,(H2,9,10);2*2-4H,1H3,(H2,9,10);2-3H,1H3,(H2,8,9)(H,10,11). The van der Waals surface area contributed by atoms with Crippen LogP contribution in [0.15, 0.2) is 119 Å². The van der Waals surface area contributed by atoms with Gasteiger partial charge in [-0.2, -0.15) is 5.10 Å². The second-order valence-electron chi connectivity index (χ2n) is 15.5. The molecule has 0 radical (unpaired) electrons. The highest BCUT2D eigenvalue weighted by Crippen LogP contribution is 2.28. The summed E-state index contributed by atoms with van der Waals surface area (Å²) in [6.07, 6.45) is 8.49. The number of benzene rings is 1. The number of rotatable bonds is 1. The van der Waals surface area contributed by atoms with Gasteiger partial charge in [-0.3, -0.25) is 4.98 Å². The number of anilines is 5. The van der Waals surface area contributed by atoms with Gasteiger partial charge in [-0.1, -0.05) is 29.8 Å². The number of nitrogens with two attached hydrogens (primary N) is 5.